The van der Waals surface area contributed by atoms with Gasteiger partial charge >= 0.3 is 0 Å². The first-order valence-corrected chi connectivity index (χ1v) is 15.2. The lowest BCUT2D eigenvalue weighted by Gasteiger charge is -2.16. The molecule has 0 spiro atoms. The third-order valence-electron chi connectivity index (χ3n) is 5.48. The molecule has 0 unspecified atom stereocenters. The normalized spacial score (nSPS) is 13.1. The number of nitrogens with zero attached hydrogens (tertiary/aromatic N) is 3. The predicted octanol–water partition coefficient (Wildman–Crippen LogP) is 2.55. The van der Waals surface area contributed by atoms with Gasteiger partial charge < -0.3 is 9.30 Å². The molecule has 2 aromatic carbocycles. The molecule has 3 aromatic rings. The van der Waals surface area contributed by atoms with Crippen LogP contribution >= 0.6 is 11.3 Å². The zero-order chi connectivity index (χ0) is 26.5. The Bertz CT molecular complexity index is 1510. The lowest BCUT2D eigenvalue weighted by atomic mass is 10.2. The summed E-state index contributed by atoms with van der Waals surface area (Å²) in [6.07, 6.45) is 1.63. The molecular formula is C23H30N4O6S3. The molecule has 13 heteroatoms. The maximum Gasteiger partial charge on any atom is 0.279 e. The highest BCUT2D eigenvalue weighted by atomic mass is 32.2. The van der Waals surface area contributed by atoms with Crippen molar-refractivity contribution in [2.75, 3.05) is 26.8 Å². The fourth-order valence-electron chi connectivity index (χ4n) is 3.43. The molecule has 1 heterocycles. The number of carbonyl (C=O) groups excluding carboxylic acids is 1. The van der Waals surface area contributed by atoms with Crippen molar-refractivity contribution in [2.45, 2.75) is 43.0 Å². The van der Waals surface area contributed by atoms with Crippen molar-refractivity contribution in [3.05, 3.63) is 52.8 Å². The molecule has 0 aliphatic rings. The summed E-state index contributed by atoms with van der Waals surface area (Å²) in [7, 11) is -6.01. The molecule has 10 nitrogen and oxygen atoms in total. The second kappa shape index (κ2) is 11.8. The van der Waals surface area contributed by atoms with E-state index < -0.39 is 26.0 Å². The van der Waals surface area contributed by atoms with E-state index in [9.17, 15) is 21.6 Å². The average Bonchev–Trinajstić information content (AvgIpc) is 3.18. The summed E-state index contributed by atoms with van der Waals surface area (Å²) in [5.74, 6) is -0.554. The maximum absolute atomic E-state index is 13.0. The molecule has 1 amide bonds. The van der Waals surface area contributed by atoms with Crippen molar-refractivity contribution in [3.8, 4) is 0 Å². The molecule has 0 atom stereocenters. The summed E-state index contributed by atoms with van der Waals surface area (Å²) in [5.41, 5.74) is 0.916. The van der Waals surface area contributed by atoms with E-state index in [0.29, 0.717) is 41.3 Å². The first kappa shape index (κ1) is 28.2. The number of benzene rings is 2. The van der Waals surface area contributed by atoms with E-state index >= 15 is 0 Å². The van der Waals surface area contributed by atoms with Crippen molar-refractivity contribution in [1.82, 2.24) is 8.87 Å². The standard InChI is InChI=1S/C23H30N4O6S3/c1-4-6-13-26(3)36(31,32)18-9-7-17(8-10-18)22(28)25-23-27(14-15-33-5-2)20-12-11-19(35(24,29)30)16-21(20)34-23/h7-12,16H,4-6,13-15H2,1-3H3,(H2,24,29,30). The number of hydrogen-bond donors (Lipinski definition) is 1. The fraction of sp³-hybridized carbons (Fsp3) is 0.391. The Labute approximate surface area is 215 Å². The van der Waals surface area contributed by atoms with Gasteiger partial charge in [-0.1, -0.05) is 24.7 Å². The number of nitrogens with two attached hydrogens (primary N) is 1. The van der Waals surface area contributed by atoms with E-state index in [4.69, 9.17) is 9.88 Å². The van der Waals surface area contributed by atoms with E-state index in [1.54, 1.807) is 10.6 Å². The number of ether oxygens (including phenoxy) is 1. The Morgan fingerprint density at radius 3 is 2.36 bits per heavy atom. The number of amides is 1. The van der Waals surface area contributed by atoms with Crippen LogP contribution in [-0.2, 0) is 31.3 Å². The average molecular weight is 555 g/mol. The zero-order valence-electron chi connectivity index (χ0n) is 20.4. The summed E-state index contributed by atoms with van der Waals surface area (Å²) in [4.78, 5) is 17.6. The van der Waals surface area contributed by atoms with Gasteiger partial charge in [0, 0.05) is 32.3 Å². The highest BCUT2D eigenvalue weighted by Gasteiger charge is 2.20. The molecule has 0 aliphatic carbocycles. The lowest BCUT2D eigenvalue weighted by molar-refractivity contribution is 0.0996. The molecule has 1 aromatic heterocycles. The molecule has 0 bridgehead atoms. The van der Waals surface area contributed by atoms with Gasteiger partial charge in [0.25, 0.3) is 5.91 Å². The minimum absolute atomic E-state index is 0.0354. The number of aromatic nitrogens is 1. The lowest BCUT2D eigenvalue weighted by Crippen LogP contribution is -2.27. The van der Waals surface area contributed by atoms with Gasteiger partial charge in [0.1, 0.15) is 0 Å². The molecule has 0 saturated carbocycles. The van der Waals surface area contributed by atoms with Crippen LogP contribution in [0.15, 0.2) is 57.2 Å². The van der Waals surface area contributed by atoms with Crippen LogP contribution in [0, 0.1) is 0 Å². The topological polar surface area (TPSA) is 141 Å². The van der Waals surface area contributed by atoms with Crippen LogP contribution in [0.2, 0.25) is 0 Å². The zero-order valence-corrected chi connectivity index (χ0v) is 22.8. The van der Waals surface area contributed by atoms with Crippen LogP contribution in [0.5, 0.6) is 0 Å². The van der Waals surface area contributed by atoms with E-state index in [1.165, 1.54) is 47.8 Å². The van der Waals surface area contributed by atoms with E-state index in [0.717, 1.165) is 24.2 Å². The van der Waals surface area contributed by atoms with E-state index in [1.807, 2.05) is 13.8 Å². The second-order valence-corrected chi connectivity index (χ2v) is 12.6. The largest absolute Gasteiger partial charge is 0.380 e. The molecule has 0 saturated heterocycles. The van der Waals surface area contributed by atoms with E-state index in [2.05, 4.69) is 4.99 Å². The molecular weight excluding hydrogens is 524 g/mol. The SMILES string of the molecule is CCCCN(C)S(=O)(=O)c1ccc(C(=O)N=c2sc3cc(S(N)(=O)=O)ccc3n2CCOCC)cc1. The number of unbranched alkanes of at least 4 members (excludes halogenated alkanes) is 1. The van der Waals surface area contributed by atoms with Crippen LogP contribution in [0.3, 0.4) is 0 Å². The first-order chi connectivity index (χ1) is 17.0. The number of carbonyl (C=O) groups is 1. The molecule has 0 radical (unpaired) electrons. The number of primary sulfonamides is 1. The third-order valence-corrected chi connectivity index (χ3v) is 9.30. The van der Waals surface area contributed by atoms with Gasteiger partial charge in [-0.25, -0.2) is 26.3 Å². The minimum atomic E-state index is -3.89. The Kier molecular flexibility index (Phi) is 9.19. The Morgan fingerprint density at radius 1 is 1.08 bits per heavy atom. The molecule has 3 rings (SSSR count). The smallest absolute Gasteiger partial charge is 0.279 e. The van der Waals surface area contributed by atoms with Crippen molar-refractivity contribution >= 4 is 47.5 Å². The van der Waals surface area contributed by atoms with Gasteiger partial charge in [-0.15, -0.1) is 0 Å². The molecule has 0 aliphatic heterocycles. The number of sulfonamides is 2. The van der Waals surface area contributed by atoms with Crippen LogP contribution in [0.1, 0.15) is 37.0 Å². The predicted molar refractivity (Wildman–Crippen MR) is 139 cm³/mol. The highest BCUT2D eigenvalue weighted by molar-refractivity contribution is 7.89. The number of rotatable bonds is 11. The molecule has 36 heavy (non-hydrogen) atoms. The Balaban J connectivity index is 1.98. The van der Waals surface area contributed by atoms with Crippen molar-refractivity contribution in [1.29, 1.82) is 0 Å². The summed E-state index contributed by atoms with van der Waals surface area (Å²) in [6.45, 7) is 5.56. The Morgan fingerprint density at radius 2 is 1.75 bits per heavy atom. The van der Waals surface area contributed by atoms with Crippen molar-refractivity contribution < 1.29 is 26.4 Å². The van der Waals surface area contributed by atoms with Crippen LogP contribution < -0.4 is 9.94 Å². The van der Waals surface area contributed by atoms with Crippen LogP contribution in [-0.4, -0.2) is 58.4 Å². The molecule has 0 fully saturated rings. The number of fused-ring (bicyclic) bond motifs is 1. The number of thiazole rings is 1. The minimum Gasteiger partial charge on any atom is -0.380 e. The van der Waals surface area contributed by atoms with Crippen LogP contribution in [0.4, 0.5) is 0 Å². The number of hydrogen-bond acceptors (Lipinski definition) is 7. The summed E-state index contributed by atoms with van der Waals surface area (Å²) < 4.78 is 58.1. The third kappa shape index (κ3) is 6.47. The van der Waals surface area contributed by atoms with Gasteiger partial charge in [0.2, 0.25) is 20.0 Å². The first-order valence-electron chi connectivity index (χ1n) is 11.4. The molecule has 196 valence electrons. The second-order valence-electron chi connectivity index (χ2n) is 8.03. The van der Waals surface area contributed by atoms with Gasteiger partial charge in [0.05, 0.1) is 26.6 Å². The van der Waals surface area contributed by atoms with Gasteiger partial charge in [-0.05, 0) is 55.8 Å². The monoisotopic (exact) mass is 554 g/mol. The highest BCUT2D eigenvalue weighted by Crippen LogP contribution is 2.22. The van der Waals surface area contributed by atoms with Gasteiger partial charge in [-0.2, -0.15) is 4.99 Å². The van der Waals surface area contributed by atoms with Crippen molar-refractivity contribution in [2.24, 2.45) is 10.1 Å². The summed E-state index contributed by atoms with van der Waals surface area (Å²) >= 11 is 1.15. The maximum atomic E-state index is 13.0. The fourth-order valence-corrected chi connectivity index (χ4v) is 6.35. The quantitative estimate of drug-likeness (QED) is 0.361. The Hall–Kier alpha value is -2.42. The summed E-state index contributed by atoms with van der Waals surface area (Å²) in [6, 6.07) is 10.1. The van der Waals surface area contributed by atoms with Crippen LogP contribution in [0.25, 0.3) is 10.2 Å². The van der Waals surface area contributed by atoms with Gasteiger partial charge in [-0.3, -0.25) is 4.79 Å². The van der Waals surface area contributed by atoms with E-state index in [-0.39, 0.29) is 15.4 Å². The summed E-state index contributed by atoms with van der Waals surface area (Å²) in [5, 5.41) is 5.26. The van der Waals surface area contributed by atoms with Crippen molar-refractivity contribution in [3.63, 3.8) is 0 Å². The molecule has 2 N–H and O–H groups in total. The van der Waals surface area contributed by atoms with Gasteiger partial charge in [0.15, 0.2) is 4.80 Å².